The van der Waals surface area contributed by atoms with E-state index in [-0.39, 0.29) is 17.2 Å². The molecule has 0 atom stereocenters. The van der Waals surface area contributed by atoms with Crippen molar-refractivity contribution in [2.24, 2.45) is 21.1 Å². The summed E-state index contributed by atoms with van der Waals surface area (Å²) in [6, 6.07) is 9.63. The monoisotopic (exact) mass is 373 g/mol. The molecule has 0 unspecified atom stereocenters. The lowest BCUT2D eigenvalue weighted by molar-refractivity contribution is -0.118. The molecule has 0 spiro atoms. The molecule has 0 radical (unpaired) electrons. The van der Waals surface area contributed by atoms with Gasteiger partial charge in [-0.1, -0.05) is 42.1 Å². The molecule has 26 heavy (non-hydrogen) atoms. The molecule has 0 saturated heterocycles. The first-order chi connectivity index (χ1) is 12.4. The van der Waals surface area contributed by atoms with Gasteiger partial charge in [0.15, 0.2) is 16.3 Å². The second kappa shape index (κ2) is 7.20. The molecular weight excluding hydrogens is 354 g/mol. The minimum atomic E-state index is -0.445. The van der Waals surface area contributed by atoms with Gasteiger partial charge < -0.3 is 9.88 Å². The number of hydrogen-bond donors (Lipinski definition) is 1. The molecule has 1 aromatic carbocycles. The van der Waals surface area contributed by atoms with Gasteiger partial charge in [0.2, 0.25) is 5.91 Å². The largest absolute Gasteiger partial charge is 0.351 e. The molecule has 136 valence electrons. The molecular formula is C17H19N5O3S. The molecule has 0 bridgehead atoms. The van der Waals surface area contributed by atoms with Crippen molar-refractivity contribution in [1.82, 2.24) is 24.0 Å². The highest BCUT2D eigenvalue weighted by molar-refractivity contribution is 7.99. The lowest BCUT2D eigenvalue weighted by Gasteiger charge is -2.06. The van der Waals surface area contributed by atoms with Crippen molar-refractivity contribution in [2.45, 2.75) is 11.7 Å². The summed E-state index contributed by atoms with van der Waals surface area (Å²) in [6.07, 6.45) is 0. The van der Waals surface area contributed by atoms with Gasteiger partial charge in [-0.15, -0.1) is 0 Å². The molecule has 1 N–H and O–H groups in total. The van der Waals surface area contributed by atoms with Gasteiger partial charge in [0.05, 0.1) is 5.75 Å². The molecule has 3 rings (SSSR count). The van der Waals surface area contributed by atoms with Crippen LogP contribution in [0.4, 0.5) is 0 Å². The summed E-state index contributed by atoms with van der Waals surface area (Å²) in [5, 5.41) is 3.35. The molecule has 9 heteroatoms. The van der Waals surface area contributed by atoms with Crippen LogP contribution in [0.25, 0.3) is 11.2 Å². The number of imidazole rings is 1. The topological polar surface area (TPSA) is 90.9 Å². The Labute approximate surface area is 153 Å². The van der Waals surface area contributed by atoms with E-state index >= 15 is 0 Å². The van der Waals surface area contributed by atoms with E-state index in [1.807, 2.05) is 30.3 Å². The van der Waals surface area contributed by atoms with Gasteiger partial charge in [-0.05, 0) is 5.56 Å². The van der Waals surface area contributed by atoms with Crippen LogP contribution in [-0.4, -0.2) is 30.3 Å². The van der Waals surface area contributed by atoms with Crippen molar-refractivity contribution in [3.8, 4) is 0 Å². The fourth-order valence-corrected chi connectivity index (χ4v) is 3.46. The van der Waals surface area contributed by atoms with Crippen LogP contribution in [0.2, 0.25) is 0 Å². The van der Waals surface area contributed by atoms with Gasteiger partial charge in [0, 0.05) is 27.7 Å². The number of fused-ring (bicyclic) bond motifs is 1. The van der Waals surface area contributed by atoms with Gasteiger partial charge in [-0.2, -0.15) is 0 Å². The van der Waals surface area contributed by atoms with Crippen molar-refractivity contribution in [3.63, 3.8) is 0 Å². The Morgan fingerprint density at radius 1 is 1.08 bits per heavy atom. The zero-order valence-corrected chi connectivity index (χ0v) is 15.5. The lowest BCUT2D eigenvalue weighted by atomic mass is 10.2. The summed E-state index contributed by atoms with van der Waals surface area (Å²) in [4.78, 5) is 40.7. The molecule has 0 aliphatic carbocycles. The van der Waals surface area contributed by atoms with Crippen LogP contribution >= 0.6 is 11.8 Å². The van der Waals surface area contributed by atoms with Crippen molar-refractivity contribution in [2.75, 3.05) is 5.75 Å². The summed E-state index contributed by atoms with van der Waals surface area (Å²) in [5.74, 6) is 0.0332. The van der Waals surface area contributed by atoms with Crippen molar-refractivity contribution < 1.29 is 4.79 Å². The van der Waals surface area contributed by atoms with Crippen LogP contribution in [0.1, 0.15) is 5.56 Å². The zero-order chi connectivity index (χ0) is 18.8. The van der Waals surface area contributed by atoms with Crippen molar-refractivity contribution in [1.29, 1.82) is 0 Å². The normalized spacial score (nSPS) is 11.0. The molecule has 8 nitrogen and oxygen atoms in total. The third kappa shape index (κ3) is 3.30. The van der Waals surface area contributed by atoms with Crippen molar-refractivity contribution >= 4 is 28.8 Å². The molecule has 1 amide bonds. The molecule has 0 aliphatic rings. The Morgan fingerprint density at radius 3 is 2.46 bits per heavy atom. The number of carbonyl (C=O) groups is 1. The number of aromatic nitrogens is 4. The third-order valence-corrected chi connectivity index (χ3v) is 5.12. The Kier molecular flexibility index (Phi) is 4.99. The minimum Gasteiger partial charge on any atom is -0.351 e. The van der Waals surface area contributed by atoms with Crippen LogP contribution in [0.15, 0.2) is 45.1 Å². The highest BCUT2D eigenvalue weighted by Gasteiger charge is 2.17. The smallest absolute Gasteiger partial charge is 0.332 e. The summed E-state index contributed by atoms with van der Waals surface area (Å²) in [5.41, 5.74) is 0.809. The molecule has 0 fully saturated rings. The summed E-state index contributed by atoms with van der Waals surface area (Å²) >= 11 is 1.22. The Morgan fingerprint density at radius 2 is 1.77 bits per heavy atom. The first kappa shape index (κ1) is 18.0. The fourth-order valence-electron chi connectivity index (χ4n) is 2.67. The van der Waals surface area contributed by atoms with Crippen LogP contribution in [-0.2, 0) is 32.5 Å². The van der Waals surface area contributed by atoms with Gasteiger partial charge in [-0.25, -0.2) is 9.78 Å². The van der Waals surface area contributed by atoms with E-state index in [1.54, 1.807) is 18.7 Å². The Balaban J connectivity index is 1.75. The van der Waals surface area contributed by atoms with E-state index in [0.717, 1.165) is 10.1 Å². The van der Waals surface area contributed by atoms with E-state index in [1.165, 1.54) is 23.4 Å². The number of thioether (sulfide) groups is 1. The predicted octanol–water partition coefficient (Wildman–Crippen LogP) is 0.379. The number of rotatable bonds is 5. The highest BCUT2D eigenvalue weighted by atomic mass is 32.2. The Hall–Kier alpha value is -2.81. The summed E-state index contributed by atoms with van der Waals surface area (Å²) in [7, 11) is 4.73. The maximum atomic E-state index is 12.2. The number of benzene rings is 1. The van der Waals surface area contributed by atoms with Crippen molar-refractivity contribution in [3.05, 3.63) is 56.7 Å². The van der Waals surface area contributed by atoms with Crippen LogP contribution in [0.3, 0.4) is 0 Å². The quantitative estimate of drug-likeness (QED) is 0.653. The average molecular weight is 373 g/mol. The van der Waals surface area contributed by atoms with Gasteiger partial charge in [0.25, 0.3) is 5.56 Å². The van der Waals surface area contributed by atoms with E-state index in [9.17, 15) is 14.4 Å². The standard InChI is InChI=1S/C17H19N5O3S/c1-20-14-13(15(24)22(3)17(25)21(14)2)19-16(20)26-10-12(23)18-9-11-7-5-4-6-8-11/h4-8H,9-10H2,1-3H3,(H,18,23). The Bertz CT molecular complexity index is 1080. The lowest BCUT2D eigenvalue weighted by Crippen LogP contribution is -2.37. The van der Waals surface area contributed by atoms with E-state index < -0.39 is 11.2 Å². The van der Waals surface area contributed by atoms with E-state index in [0.29, 0.717) is 17.3 Å². The van der Waals surface area contributed by atoms with Crippen LogP contribution in [0, 0.1) is 0 Å². The maximum absolute atomic E-state index is 12.2. The second-order valence-corrected chi connectivity index (χ2v) is 6.82. The zero-order valence-electron chi connectivity index (χ0n) is 14.7. The maximum Gasteiger partial charge on any atom is 0.332 e. The average Bonchev–Trinajstić information content (AvgIpc) is 2.98. The van der Waals surface area contributed by atoms with E-state index in [2.05, 4.69) is 10.3 Å². The second-order valence-electron chi connectivity index (χ2n) is 5.88. The third-order valence-electron chi connectivity index (χ3n) is 4.09. The van der Waals surface area contributed by atoms with Gasteiger partial charge >= 0.3 is 5.69 Å². The van der Waals surface area contributed by atoms with Gasteiger partial charge in [-0.3, -0.25) is 18.7 Å². The molecule has 0 saturated carbocycles. The molecule has 3 aromatic rings. The molecule has 2 heterocycles. The number of aryl methyl sites for hydroxylation is 2. The SMILES string of the molecule is Cn1c(=O)c2nc(SCC(=O)NCc3ccccc3)n(C)c2n(C)c1=O. The number of carbonyl (C=O) groups excluding carboxylic acids is 1. The van der Waals surface area contributed by atoms with Crippen LogP contribution < -0.4 is 16.6 Å². The first-order valence-corrected chi connectivity index (χ1v) is 8.94. The predicted molar refractivity (Wildman–Crippen MR) is 100 cm³/mol. The van der Waals surface area contributed by atoms with Crippen LogP contribution in [0.5, 0.6) is 0 Å². The number of nitrogens with one attached hydrogen (secondary N) is 1. The minimum absolute atomic E-state index is 0.132. The number of nitrogens with zero attached hydrogens (tertiary/aromatic N) is 4. The summed E-state index contributed by atoms with van der Waals surface area (Å²) < 4.78 is 4.06. The molecule has 2 aromatic heterocycles. The molecule has 0 aliphatic heterocycles. The number of hydrogen-bond acceptors (Lipinski definition) is 5. The highest BCUT2D eigenvalue weighted by Crippen LogP contribution is 2.19. The van der Waals surface area contributed by atoms with E-state index in [4.69, 9.17) is 0 Å². The number of amides is 1. The fraction of sp³-hybridized carbons (Fsp3) is 0.294. The summed E-state index contributed by atoms with van der Waals surface area (Å²) in [6.45, 7) is 0.456. The first-order valence-electron chi connectivity index (χ1n) is 7.96. The van der Waals surface area contributed by atoms with Gasteiger partial charge in [0.1, 0.15) is 0 Å².